The van der Waals surface area contributed by atoms with Gasteiger partial charge in [0, 0.05) is 36.5 Å². The van der Waals surface area contributed by atoms with E-state index in [-0.39, 0.29) is 17.7 Å². The number of hydrogen-bond donors (Lipinski definition) is 2. The van der Waals surface area contributed by atoms with Crippen LogP contribution in [0, 0.1) is 0 Å². The summed E-state index contributed by atoms with van der Waals surface area (Å²) in [6.07, 6.45) is 4.66. The van der Waals surface area contributed by atoms with E-state index < -0.39 is 11.3 Å². The summed E-state index contributed by atoms with van der Waals surface area (Å²) >= 11 is 0. The second kappa shape index (κ2) is 7.73. The maximum absolute atomic E-state index is 14.8. The van der Waals surface area contributed by atoms with Crippen LogP contribution >= 0.6 is 9.24 Å². The van der Waals surface area contributed by atoms with Crippen molar-refractivity contribution in [1.29, 1.82) is 0 Å². The molecule has 0 amide bonds. The highest BCUT2D eigenvalue weighted by Crippen LogP contribution is 2.59. The van der Waals surface area contributed by atoms with E-state index in [4.69, 9.17) is 9.84 Å². The Morgan fingerprint density at radius 1 is 1.17 bits per heavy atom. The van der Waals surface area contributed by atoms with E-state index in [0.717, 1.165) is 5.56 Å². The molecule has 2 atom stereocenters. The van der Waals surface area contributed by atoms with Gasteiger partial charge in [0.1, 0.15) is 5.75 Å². The topological polar surface area (TPSA) is 67.5 Å². The van der Waals surface area contributed by atoms with Crippen molar-refractivity contribution in [2.75, 3.05) is 13.2 Å². The number of halogens is 2. The molecule has 0 saturated carbocycles. The molecule has 5 nitrogen and oxygen atoms in total. The van der Waals surface area contributed by atoms with Crippen LogP contribution < -0.4 is 4.74 Å². The molecule has 4 rings (SSSR count). The van der Waals surface area contributed by atoms with Gasteiger partial charge in [-0.25, -0.2) is 0 Å². The third-order valence-corrected chi connectivity index (χ3v) is 5.83. The molecule has 0 aliphatic heterocycles. The standard InChI is InChI=1S/C22H23F2N2O3P/c1-26-13-14(12-25-26)17-10-15(29-9-5-4-8-27)11-19-20(17)16-6-2-3-7-18(16)21(19,28)22(23,24)30/h2-3,6-7,10-13,27-28H,4-5,8-9,30H2,1H3. The van der Waals surface area contributed by atoms with Crippen molar-refractivity contribution in [2.45, 2.75) is 24.1 Å². The summed E-state index contributed by atoms with van der Waals surface area (Å²) in [5.74, 6) is 0.381. The molecular formula is C22H23F2N2O3P. The first-order valence-corrected chi connectivity index (χ1v) is 10.2. The molecule has 30 heavy (non-hydrogen) atoms. The molecule has 0 spiro atoms. The number of alkyl halides is 2. The van der Waals surface area contributed by atoms with Crippen molar-refractivity contribution >= 4 is 9.24 Å². The maximum Gasteiger partial charge on any atom is 0.295 e. The monoisotopic (exact) mass is 432 g/mol. The van der Waals surface area contributed by atoms with Gasteiger partial charge in [-0.2, -0.15) is 13.9 Å². The zero-order valence-corrected chi connectivity index (χ0v) is 17.6. The van der Waals surface area contributed by atoms with E-state index in [1.165, 1.54) is 21.4 Å². The lowest BCUT2D eigenvalue weighted by atomic mass is 9.90. The van der Waals surface area contributed by atoms with Crippen molar-refractivity contribution in [3.05, 3.63) is 59.9 Å². The second-order valence-corrected chi connectivity index (χ2v) is 8.18. The molecule has 1 aromatic heterocycles. The number of aryl methyl sites for hydroxylation is 1. The molecule has 1 heterocycles. The highest BCUT2D eigenvalue weighted by atomic mass is 31.0. The molecule has 3 aromatic rings. The fourth-order valence-corrected chi connectivity index (χ4v) is 4.30. The molecule has 8 heteroatoms. The van der Waals surface area contributed by atoms with Crippen LogP contribution in [0.25, 0.3) is 22.3 Å². The van der Waals surface area contributed by atoms with Crippen molar-refractivity contribution in [1.82, 2.24) is 9.78 Å². The number of nitrogens with zero attached hydrogens (tertiary/aromatic N) is 2. The molecule has 0 radical (unpaired) electrons. The van der Waals surface area contributed by atoms with Gasteiger partial charge in [0.15, 0.2) is 5.60 Å². The van der Waals surface area contributed by atoms with Gasteiger partial charge in [0.25, 0.3) is 5.66 Å². The van der Waals surface area contributed by atoms with E-state index in [1.54, 1.807) is 48.4 Å². The molecular weight excluding hydrogens is 409 g/mol. The Morgan fingerprint density at radius 2 is 1.93 bits per heavy atom. The SMILES string of the molecule is Cn1cc(-c2cc(OCCCCO)cc3c2-c2ccccc2C3(O)C(F)(F)P)cn1. The molecule has 1 aliphatic carbocycles. The number of aliphatic hydroxyl groups excluding tert-OH is 1. The third-order valence-electron chi connectivity index (χ3n) is 5.41. The molecule has 0 saturated heterocycles. The smallest absolute Gasteiger partial charge is 0.295 e. The van der Waals surface area contributed by atoms with Crippen molar-refractivity contribution in [2.24, 2.45) is 7.05 Å². The number of aromatic nitrogens is 2. The maximum atomic E-state index is 14.8. The summed E-state index contributed by atoms with van der Waals surface area (Å²) in [6, 6.07) is 9.96. The first-order chi connectivity index (χ1) is 14.3. The number of rotatable bonds is 7. The summed E-state index contributed by atoms with van der Waals surface area (Å²) in [4.78, 5) is 0. The van der Waals surface area contributed by atoms with E-state index in [0.29, 0.717) is 41.9 Å². The lowest BCUT2D eigenvalue weighted by Crippen LogP contribution is -2.40. The van der Waals surface area contributed by atoms with Gasteiger partial charge in [0.2, 0.25) is 0 Å². The van der Waals surface area contributed by atoms with Gasteiger partial charge in [-0.15, -0.1) is 0 Å². The second-order valence-electron chi connectivity index (χ2n) is 7.45. The first kappa shape index (κ1) is 20.9. The zero-order valence-electron chi connectivity index (χ0n) is 16.5. The van der Waals surface area contributed by atoms with Crippen LogP contribution in [0.3, 0.4) is 0 Å². The van der Waals surface area contributed by atoms with Gasteiger partial charge in [-0.05, 0) is 41.7 Å². The van der Waals surface area contributed by atoms with Crippen LogP contribution in [0.15, 0.2) is 48.8 Å². The van der Waals surface area contributed by atoms with Crippen LogP contribution in [0.4, 0.5) is 8.78 Å². The third kappa shape index (κ3) is 3.31. The lowest BCUT2D eigenvalue weighted by Gasteiger charge is -2.32. The van der Waals surface area contributed by atoms with E-state index in [2.05, 4.69) is 5.10 Å². The molecule has 2 unspecified atom stereocenters. The van der Waals surface area contributed by atoms with Crippen LogP contribution in [-0.4, -0.2) is 38.9 Å². The molecule has 1 aliphatic rings. The van der Waals surface area contributed by atoms with Gasteiger partial charge < -0.3 is 14.9 Å². The van der Waals surface area contributed by atoms with Crippen LogP contribution in [0.2, 0.25) is 0 Å². The Bertz CT molecular complexity index is 1080. The average Bonchev–Trinajstić information content (AvgIpc) is 3.25. The molecule has 0 fully saturated rings. The van der Waals surface area contributed by atoms with E-state index >= 15 is 0 Å². The Morgan fingerprint density at radius 3 is 2.60 bits per heavy atom. The highest BCUT2D eigenvalue weighted by molar-refractivity contribution is 7.18. The normalized spacial score (nSPS) is 17.7. The molecule has 0 bridgehead atoms. The molecule has 2 aromatic carbocycles. The summed E-state index contributed by atoms with van der Waals surface area (Å²) in [5.41, 5.74) is -3.25. The van der Waals surface area contributed by atoms with Gasteiger partial charge in [-0.1, -0.05) is 33.5 Å². The van der Waals surface area contributed by atoms with E-state index in [9.17, 15) is 13.9 Å². The summed E-state index contributed by atoms with van der Waals surface area (Å²) in [6.45, 7) is 0.386. The minimum atomic E-state index is -3.50. The molecule has 2 N–H and O–H groups in total. The average molecular weight is 432 g/mol. The van der Waals surface area contributed by atoms with Gasteiger partial charge in [-0.3, -0.25) is 4.68 Å². The fourth-order valence-electron chi connectivity index (χ4n) is 3.99. The number of ether oxygens (including phenoxy) is 1. The van der Waals surface area contributed by atoms with E-state index in [1.807, 2.05) is 0 Å². The predicted octanol–water partition coefficient (Wildman–Crippen LogP) is 3.92. The Hall–Kier alpha value is -2.34. The van der Waals surface area contributed by atoms with Crippen molar-refractivity contribution in [3.8, 4) is 28.0 Å². The number of fused-ring (bicyclic) bond motifs is 3. The van der Waals surface area contributed by atoms with Gasteiger partial charge >= 0.3 is 0 Å². The Labute approximate surface area is 175 Å². The highest BCUT2D eigenvalue weighted by Gasteiger charge is 2.57. The molecule has 158 valence electrons. The summed E-state index contributed by atoms with van der Waals surface area (Å²) in [7, 11) is 3.26. The van der Waals surface area contributed by atoms with Crippen molar-refractivity contribution < 1.29 is 23.7 Å². The van der Waals surface area contributed by atoms with Crippen LogP contribution in [-0.2, 0) is 12.6 Å². The minimum absolute atomic E-state index is 0.0584. The van der Waals surface area contributed by atoms with Crippen LogP contribution in [0.5, 0.6) is 5.75 Å². The Kier molecular flexibility index (Phi) is 5.39. The lowest BCUT2D eigenvalue weighted by molar-refractivity contribution is -0.0964. The van der Waals surface area contributed by atoms with Crippen LogP contribution in [0.1, 0.15) is 24.0 Å². The predicted molar refractivity (Wildman–Crippen MR) is 114 cm³/mol. The fraction of sp³-hybridized carbons (Fsp3) is 0.318. The summed E-state index contributed by atoms with van der Waals surface area (Å²) in [5, 5.41) is 24.5. The number of unbranched alkanes of at least 4 members (excludes halogenated alkanes) is 1. The largest absolute Gasteiger partial charge is 0.494 e. The Balaban J connectivity index is 1.95. The van der Waals surface area contributed by atoms with Gasteiger partial charge in [0.05, 0.1) is 12.8 Å². The quantitative estimate of drug-likeness (QED) is 0.439. The number of aliphatic hydroxyl groups is 2. The number of hydrogen-bond acceptors (Lipinski definition) is 4. The first-order valence-electron chi connectivity index (χ1n) is 9.67. The van der Waals surface area contributed by atoms with Crippen molar-refractivity contribution in [3.63, 3.8) is 0 Å². The number of benzene rings is 2. The summed E-state index contributed by atoms with van der Waals surface area (Å²) < 4.78 is 37.1. The zero-order chi connectivity index (χ0) is 21.5. The minimum Gasteiger partial charge on any atom is -0.494 e.